The predicted octanol–water partition coefficient (Wildman–Crippen LogP) is 2.84. The van der Waals surface area contributed by atoms with Gasteiger partial charge in [0, 0.05) is 49.9 Å². The number of nitrogens with zero attached hydrogens (tertiary/aromatic N) is 5. The average molecular weight is 355 g/mol. The number of nitrogens with one attached hydrogen (secondary N) is 1. The van der Waals surface area contributed by atoms with Crippen molar-refractivity contribution < 1.29 is 0 Å². The van der Waals surface area contributed by atoms with E-state index in [1.807, 2.05) is 37.1 Å². The molecule has 0 spiro atoms. The van der Waals surface area contributed by atoms with Crippen molar-refractivity contribution >= 4 is 33.5 Å². The Hall–Kier alpha value is -2.44. The van der Waals surface area contributed by atoms with Gasteiger partial charge in [0.05, 0.1) is 17.4 Å². The van der Waals surface area contributed by atoms with Crippen LogP contribution in [0.1, 0.15) is 11.3 Å². The maximum Gasteiger partial charge on any atom is 0.159 e. The molecule has 0 aliphatic heterocycles. The summed E-state index contributed by atoms with van der Waals surface area (Å²) in [7, 11) is 3.84. The fraction of sp³-hybridized carbons (Fsp3) is 0.278. The topological polar surface area (TPSA) is 60.6 Å². The monoisotopic (exact) mass is 354 g/mol. The molecule has 0 aliphatic rings. The number of para-hydroxylation sites is 1. The molecule has 0 aliphatic carbocycles. The SMILES string of the molecule is Cn1nc(CCNCc2cc3cnn(C)c3nc2Cl)c2ccccc21. The minimum absolute atomic E-state index is 0.520. The first-order valence-corrected chi connectivity index (χ1v) is 8.60. The van der Waals surface area contributed by atoms with Crippen LogP contribution in [0, 0.1) is 0 Å². The van der Waals surface area contributed by atoms with Gasteiger partial charge in [-0.15, -0.1) is 0 Å². The maximum atomic E-state index is 6.30. The van der Waals surface area contributed by atoms with E-state index in [9.17, 15) is 0 Å². The van der Waals surface area contributed by atoms with Gasteiger partial charge in [0.25, 0.3) is 0 Å². The Balaban J connectivity index is 1.43. The molecule has 1 N–H and O–H groups in total. The molecule has 1 aromatic carbocycles. The molecular formula is C18H19ClN6. The number of pyridine rings is 1. The number of aryl methyl sites for hydroxylation is 2. The van der Waals surface area contributed by atoms with Gasteiger partial charge in [-0.25, -0.2) is 4.98 Å². The molecule has 0 saturated carbocycles. The van der Waals surface area contributed by atoms with Gasteiger partial charge < -0.3 is 5.32 Å². The second-order valence-electron chi connectivity index (χ2n) is 6.13. The van der Waals surface area contributed by atoms with Crippen LogP contribution in [0.5, 0.6) is 0 Å². The molecule has 6 nitrogen and oxygen atoms in total. The van der Waals surface area contributed by atoms with E-state index >= 15 is 0 Å². The van der Waals surface area contributed by atoms with Crippen LogP contribution in [-0.2, 0) is 27.1 Å². The molecule has 0 bridgehead atoms. The van der Waals surface area contributed by atoms with Gasteiger partial charge in [0.2, 0.25) is 0 Å². The van der Waals surface area contributed by atoms with Crippen LogP contribution in [0.4, 0.5) is 0 Å². The van der Waals surface area contributed by atoms with Crippen LogP contribution in [0.3, 0.4) is 0 Å². The molecule has 3 heterocycles. The minimum atomic E-state index is 0.520. The van der Waals surface area contributed by atoms with E-state index in [1.54, 1.807) is 4.68 Å². The van der Waals surface area contributed by atoms with Gasteiger partial charge in [0.1, 0.15) is 5.15 Å². The van der Waals surface area contributed by atoms with Crippen molar-refractivity contribution in [2.24, 2.45) is 14.1 Å². The molecule has 128 valence electrons. The van der Waals surface area contributed by atoms with E-state index in [0.717, 1.165) is 40.8 Å². The lowest BCUT2D eigenvalue weighted by Gasteiger charge is -2.06. The molecule has 0 radical (unpaired) electrons. The third-order valence-corrected chi connectivity index (χ3v) is 4.75. The first-order chi connectivity index (χ1) is 12.1. The molecule has 0 amide bonds. The van der Waals surface area contributed by atoms with Gasteiger partial charge >= 0.3 is 0 Å². The normalized spacial score (nSPS) is 11.6. The zero-order valence-corrected chi connectivity index (χ0v) is 15.0. The first-order valence-electron chi connectivity index (χ1n) is 8.22. The number of halogens is 1. The summed E-state index contributed by atoms with van der Waals surface area (Å²) >= 11 is 6.30. The van der Waals surface area contributed by atoms with Crippen LogP contribution in [-0.4, -0.2) is 31.1 Å². The van der Waals surface area contributed by atoms with Crippen molar-refractivity contribution in [2.75, 3.05) is 6.54 Å². The number of hydrogen-bond donors (Lipinski definition) is 1. The van der Waals surface area contributed by atoms with Gasteiger partial charge in [-0.05, 0) is 12.1 Å². The van der Waals surface area contributed by atoms with Crippen molar-refractivity contribution in [1.82, 2.24) is 29.9 Å². The largest absolute Gasteiger partial charge is 0.312 e. The summed E-state index contributed by atoms with van der Waals surface area (Å²) in [5.74, 6) is 0. The smallest absolute Gasteiger partial charge is 0.159 e. The van der Waals surface area contributed by atoms with E-state index in [2.05, 4.69) is 38.7 Å². The summed E-state index contributed by atoms with van der Waals surface area (Å²) in [5, 5.41) is 15.0. The molecular weight excluding hydrogens is 336 g/mol. The molecule has 0 saturated heterocycles. The summed E-state index contributed by atoms with van der Waals surface area (Å²) in [6, 6.07) is 10.3. The van der Waals surface area contributed by atoms with E-state index in [-0.39, 0.29) is 0 Å². The molecule has 0 atom stereocenters. The molecule has 3 aromatic heterocycles. The molecule has 0 unspecified atom stereocenters. The predicted molar refractivity (Wildman–Crippen MR) is 99.6 cm³/mol. The number of fused-ring (bicyclic) bond motifs is 2. The highest BCUT2D eigenvalue weighted by Gasteiger charge is 2.09. The van der Waals surface area contributed by atoms with Crippen molar-refractivity contribution in [3.8, 4) is 0 Å². The highest BCUT2D eigenvalue weighted by atomic mass is 35.5. The number of aromatic nitrogens is 5. The van der Waals surface area contributed by atoms with Gasteiger partial charge in [-0.2, -0.15) is 10.2 Å². The zero-order valence-electron chi connectivity index (χ0n) is 14.2. The fourth-order valence-corrected chi connectivity index (χ4v) is 3.33. The van der Waals surface area contributed by atoms with Crippen LogP contribution >= 0.6 is 11.6 Å². The molecule has 0 fully saturated rings. The Morgan fingerprint density at radius 3 is 2.88 bits per heavy atom. The Morgan fingerprint density at radius 2 is 2.00 bits per heavy atom. The van der Waals surface area contributed by atoms with Crippen molar-refractivity contribution in [3.63, 3.8) is 0 Å². The van der Waals surface area contributed by atoms with Crippen molar-refractivity contribution in [3.05, 3.63) is 52.9 Å². The Labute approximate surface area is 150 Å². The maximum absolute atomic E-state index is 6.30. The summed E-state index contributed by atoms with van der Waals surface area (Å²) < 4.78 is 3.66. The Kier molecular flexibility index (Phi) is 4.15. The lowest BCUT2D eigenvalue weighted by molar-refractivity contribution is 0.668. The third kappa shape index (κ3) is 2.99. The summed E-state index contributed by atoms with van der Waals surface area (Å²) in [6.45, 7) is 1.49. The zero-order chi connectivity index (χ0) is 17.4. The second-order valence-corrected chi connectivity index (χ2v) is 6.49. The van der Waals surface area contributed by atoms with Crippen LogP contribution in [0.25, 0.3) is 21.9 Å². The van der Waals surface area contributed by atoms with Gasteiger partial charge in [-0.3, -0.25) is 9.36 Å². The van der Waals surface area contributed by atoms with E-state index < -0.39 is 0 Å². The fourth-order valence-electron chi connectivity index (χ4n) is 3.13. The molecule has 7 heteroatoms. The van der Waals surface area contributed by atoms with Crippen LogP contribution in [0.2, 0.25) is 5.15 Å². The summed E-state index contributed by atoms with van der Waals surface area (Å²) in [4.78, 5) is 4.43. The van der Waals surface area contributed by atoms with Gasteiger partial charge in [-0.1, -0.05) is 29.8 Å². The van der Waals surface area contributed by atoms with Crippen molar-refractivity contribution in [1.29, 1.82) is 0 Å². The molecule has 4 aromatic rings. The first kappa shape index (κ1) is 16.1. The highest BCUT2D eigenvalue weighted by Crippen LogP contribution is 2.20. The van der Waals surface area contributed by atoms with E-state index in [0.29, 0.717) is 11.7 Å². The number of hydrogen-bond acceptors (Lipinski definition) is 4. The Bertz CT molecular complexity index is 1050. The van der Waals surface area contributed by atoms with Gasteiger partial charge in [0.15, 0.2) is 5.65 Å². The van der Waals surface area contributed by atoms with Crippen LogP contribution in [0.15, 0.2) is 36.5 Å². The number of rotatable bonds is 5. The summed E-state index contributed by atoms with van der Waals surface area (Å²) in [6.07, 6.45) is 2.67. The molecule has 4 rings (SSSR count). The molecule has 25 heavy (non-hydrogen) atoms. The quantitative estimate of drug-likeness (QED) is 0.442. The lowest BCUT2D eigenvalue weighted by Crippen LogP contribution is -2.17. The van der Waals surface area contributed by atoms with Crippen LogP contribution < -0.4 is 5.32 Å². The highest BCUT2D eigenvalue weighted by molar-refractivity contribution is 6.30. The standard InChI is InChI=1S/C18H19ClN6/c1-24-16-6-4-3-5-14(16)15(23-24)7-8-20-10-12-9-13-11-21-25(2)18(13)22-17(12)19/h3-6,9,11,20H,7-8,10H2,1-2H3. The Morgan fingerprint density at radius 1 is 1.16 bits per heavy atom. The van der Waals surface area contributed by atoms with E-state index in [1.165, 1.54) is 5.39 Å². The third-order valence-electron chi connectivity index (χ3n) is 4.42. The second kappa shape index (κ2) is 6.46. The average Bonchev–Trinajstić information content (AvgIpc) is 3.13. The number of benzene rings is 1. The minimum Gasteiger partial charge on any atom is -0.312 e. The lowest BCUT2D eigenvalue weighted by atomic mass is 10.1. The van der Waals surface area contributed by atoms with Crippen molar-refractivity contribution in [2.45, 2.75) is 13.0 Å². The van der Waals surface area contributed by atoms with E-state index in [4.69, 9.17) is 11.6 Å². The summed E-state index contributed by atoms with van der Waals surface area (Å²) in [5.41, 5.74) is 4.05.